The number of amides is 1. The van der Waals surface area contributed by atoms with Crippen molar-refractivity contribution in [2.75, 3.05) is 0 Å². The van der Waals surface area contributed by atoms with Gasteiger partial charge >= 0.3 is 12.3 Å². The Bertz CT molecular complexity index is 907. The van der Waals surface area contributed by atoms with E-state index in [2.05, 4.69) is 10.3 Å². The van der Waals surface area contributed by atoms with Crippen LogP contribution in [0.1, 0.15) is 50.6 Å². The number of halogens is 3. The van der Waals surface area contributed by atoms with Crippen molar-refractivity contribution in [3.63, 3.8) is 0 Å². The monoisotopic (exact) mass is 408 g/mol. The number of benzene rings is 1. The maximum atomic E-state index is 13.0. The Morgan fingerprint density at radius 1 is 1.28 bits per heavy atom. The lowest BCUT2D eigenvalue weighted by atomic mass is 9.94. The number of alkyl carbamates (subject to hydrolysis) is 1. The number of fused-ring (bicyclic) bond motifs is 1. The van der Waals surface area contributed by atoms with E-state index in [4.69, 9.17) is 9.47 Å². The number of carbonyl (C=O) groups is 1. The van der Waals surface area contributed by atoms with E-state index >= 15 is 0 Å². The Hall–Kier alpha value is -2.61. The summed E-state index contributed by atoms with van der Waals surface area (Å²) in [5.41, 5.74) is 1.25. The molecule has 2 unspecified atom stereocenters. The van der Waals surface area contributed by atoms with Crippen molar-refractivity contribution in [3.05, 3.63) is 53.3 Å². The van der Waals surface area contributed by atoms with Gasteiger partial charge in [0.25, 0.3) is 0 Å². The molecule has 0 saturated carbocycles. The molecule has 3 rings (SSSR count). The largest absolute Gasteiger partial charge is 0.443 e. The molecular weight excluding hydrogens is 385 g/mol. The summed E-state index contributed by atoms with van der Waals surface area (Å²) in [4.78, 5) is 15.5. The highest BCUT2D eigenvalue weighted by Crippen LogP contribution is 2.40. The molecule has 0 aliphatic carbocycles. The summed E-state index contributed by atoms with van der Waals surface area (Å²) in [6.07, 6.45) is -5.00. The van der Waals surface area contributed by atoms with E-state index in [1.807, 2.05) is 26.8 Å². The summed E-state index contributed by atoms with van der Waals surface area (Å²) in [6.45, 7) is 7.47. The average molecular weight is 408 g/mol. The molecule has 156 valence electrons. The molecule has 0 bridgehead atoms. The van der Waals surface area contributed by atoms with Gasteiger partial charge in [0.15, 0.2) is 0 Å². The van der Waals surface area contributed by atoms with Gasteiger partial charge in [0.05, 0.1) is 6.61 Å². The van der Waals surface area contributed by atoms with Crippen LogP contribution < -0.4 is 5.32 Å². The molecule has 1 aromatic heterocycles. The third-order valence-corrected chi connectivity index (χ3v) is 4.48. The minimum Gasteiger partial charge on any atom is -0.443 e. The number of ether oxygens (including phenoxy) is 2. The van der Waals surface area contributed by atoms with E-state index < -0.39 is 35.7 Å². The van der Waals surface area contributed by atoms with Gasteiger partial charge in [-0.15, -0.1) is 0 Å². The van der Waals surface area contributed by atoms with Crippen LogP contribution in [0.3, 0.4) is 0 Å². The van der Waals surface area contributed by atoms with Crippen LogP contribution in [0.25, 0.3) is 11.1 Å². The second-order valence-electron chi connectivity index (χ2n) is 8.02. The predicted molar refractivity (Wildman–Crippen MR) is 101 cm³/mol. The van der Waals surface area contributed by atoms with Crippen LogP contribution in [-0.4, -0.2) is 22.7 Å². The summed E-state index contributed by atoms with van der Waals surface area (Å²) in [5.74, 6) is 0. The quantitative estimate of drug-likeness (QED) is 0.753. The molecule has 0 saturated heterocycles. The van der Waals surface area contributed by atoms with Gasteiger partial charge < -0.3 is 14.8 Å². The van der Waals surface area contributed by atoms with Crippen LogP contribution in [0.4, 0.5) is 18.0 Å². The maximum Gasteiger partial charge on any atom is 0.433 e. The SMILES string of the molecule is CC(OC(=O)NC(C)(C)C)C1OCc2c(-c3ccnc(C(F)(F)F)c3)cccc21. The number of nitrogens with one attached hydrogen (secondary N) is 1. The van der Waals surface area contributed by atoms with Crippen LogP contribution >= 0.6 is 0 Å². The molecule has 0 fully saturated rings. The van der Waals surface area contributed by atoms with E-state index in [1.165, 1.54) is 6.07 Å². The van der Waals surface area contributed by atoms with Crippen LogP contribution in [0.5, 0.6) is 0 Å². The van der Waals surface area contributed by atoms with E-state index in [9.17, 15) is 18.0 Å². The van der Waals surface area contributed by atoms with E-state index in [1.54, 1.807) is 19.1 Å². The second-order valence-corrected chi connectivity index (χ2v) is 8.02. The lowest BCUT2D eigenvalue weighted by Gasteiger charge is -2.24. The molecule has 0 radical (unpaired) electrons. The first-order valence-electron chi connectivity index (χ1n) is 9.21. The fourth-order valence-electron chi connectivity index (χ4n) is 3.27. The first-order valence-corrected chi connectivity index (χ1v) is 9.21. The Kier molecular flexibility index (Phi) is 5.58. The Labute approximate surface area is 167 Å². The van der Waals surface area contributed by atoms with E-state index in [0.717, 1.165) is 23.4 Å². The van der Waals surface area contributed by atoms with Crippen molar-refractivity contribution in [3.8, 4) is 11.1 Å². The van der Waals surface area contributed by atoms with Gasteiger partial charge in [-0.3, -0.25) is 4.98 Å². The molecule has 0 spiro atoms. The molecule has 2 atom stereocenters. The average Bonchev–Trinajstić information content (AvgIpc) is 3.03. The topological polar surface area (TPSA) is 60.5 Å². The predicted octanol–water partition coefficient (Wildman–Crippen LogP) is 5.25. The summed E-state index contributed by atoms with van der Waals surface area (Å²) >= 11 is 0. The summed E-state index contributed by atoms with van der Waals surface area (Å²) in [6, 6.07) is 7.90. The molecule has 1 amide bonds. The highest BCUT2D eigenvalue weighted by Gasteiger charge is 2.35. The van der Waals surface area contributed by atoms with Crippen molar-refractivity contribution in [1.82, 2.24) is 10.3 Å². The second kappa shape index (κ2) is 7.67. The Morgan fingerprint density at radius 2 is 2.00 bits per heavy atom. The summed E-state index contributed by atoms with van der Waals surface area (Å²) in [7, 11) is 0. The van der Waals surface area contributed by atoms with Gasteiger partial charge in [-0.25, -0.2) is 4.79 Å². The third kappa shape index (κ3) is 4.87. The minimum atomic E-state index is -4.52. The van der Waals surface area contributed by atoms with Gasteiger partial charge in [-0.05, 0) is 62.1 Å². The molecule has 1 aliphatic heterocycles. The van der Waals surface area contributed by atoms with Crippen molar-refractivity contribution >= 4 is 6.09 Å². The van der Waals surface area contributed by atoms with Crippen molar-refractivity contribution < 1.29 is 27.4 Å². The van der Waals surface area contributed by atoms with E-state index in [0.29, 0.717) is 11.1 Å². The standard InChI is InChI=1S/C21H23F3N2O3/c1-12(29-19(27)26-20(2,3)4)18-15-7-5-6-14(16(15)11-28-18)13-8-9-25-17(10-13)21(22,23)24/h5-10,12,18H,11H2,1-4H3,(H,26,27). The smallest absolute Gasteiger partial charge is 0.433 e. The summed E-state index contributed by atoms with van der Waals surface area (Å²) < 4.78 is 50.3. The highest BCUT2D eigenvalue weighted by atomic mass is 19.4. The van der Waals surface area contributed by atoms with Gasteiger partial charge in [0.2, 0.25) is 0 Å². The number of pyridine rings is 1. The minimum absolute atomic E-state index is 0.217. The molecule has 29 heavy (non-hydrogen) atoms. The van der Waals surface area contributed by atoms with Gasteiger partial charge in [0.1, 0.15) is 17.9 Å². The number of alkyl halides is 3. The fraction of sp³-hybridized carbons (Fsp3) is 0.429. The molecule has 2 aromatic rings. The number of hydrogen-bond acceptors (Lipinski definition) is 4. The van der Waals surface area contributed by atoms with Crippen molar-refractivity contribution in [2.45, 2.75) is 58.2 Å². The Balaban J connectivity index is 1.86. The molecule has 5 nitrogen and oxygen atoms in total. The van der Waals surface area contributed by atoms with Crippen LogP contribution in [0.2, 0.25) is 0 Å². The lowest BCUT2D eigenvalue weighted by molar-refractivity contribution is -0.141. The zero-order valence-electron chi connectivity index (χ0n) is 16.6. The fourth-order valence-corrected chi connectivity index (χ4v) is 3.27. The molecule has 2 heterocycles. The van der Waals surface area contributed by atoms with Gasteiger partial charge in [-0.2, -0.15) is 13.2 Å². The van der Waals surface area contributed by atoms with Gasteiger partial charge in [-0.1, -0.05) is 18.2 Å². The lowest BCUT2D eigenvalue weighted by Crippen LogP contribution is -2.42. The first kappa shape index (κ1) is 21.1. The zero-order chi connectivity index (χ0) is 21.4. The normalized spacial score (nSPS) is 17.6. The zero-order valence-corrected chi connectivity index (χ0v) is 16.6. The Morgan fingerprint density at radius 3 is 2.66 bits per heavy atom. The molecule has 1 aliphatic rings. The van der Waals surface area contributed by atoms with Crippen LogP contribution in [0, 0.1) is 0 Å². The number of aromatic nitrogens is 1. The van der Waals surface area contributed by atoms with Crippen molar-refractivity contribution in [1.29, 1.82) is 0 Å². The number of hydrogen-bond donors (Lipinski definition) is 1. The third-order valence-electron chi connectivity index (χ3n) is 4.48. The number of nitrogens with zero attached hydrogens (tertiary/aromatic N) is 1. The molecule has 8 heteroatoms. The highest BCUT2D eigenvalue weighted by molar-refractivity contribution is 5.70. The van der Waals surface area contributed by atoms with Crippen LogP contribution in [0.15, 0.2) is 36.5 Å². The maximum absolute atomic E-state index is 13.0. The summed E-state index contributed by atoms with van der Waals surface area (Å²) in [5, 5.41) is 2.72. The number of carbonyl (C=O) groups excluding carboxylic acids is 1. The molecular formula is C21H23F3N2O3. The molecule has 1 N–H and O–H groups in total. The number of rotatable bonds is 3. The molecule has 1 aromatic carbocycles. The first-order chi connectivity index (χ1) is 13.5. The van der Waals surface area contributed by atoms with E-state index in [-0.39, 0.29) is 6.61 Å². The van der Waals surface area contributed by atoms with Gasteiger partial charge in [0, 0.05) is 11.7 Å². The van der Waals surface area contributed by atoms with Crippen molar-refractivity contribution in [2.24, 2.45) is 0 Å². The van der Waals surface area contributed by atoms with Crippen LogP contribution in [-0.2, 0) is 22.3 Å².